The van der Waals surface area contributed by atoms with Crippen LogP contribution in [0.4, 0.5) is 4.79 Å². The second kappa shape index (κ2) is 5.99. The standard InChI is InChI=1S/C10H14N4O6/c1-13-4-8(17)14(10(13)20)3-7(16)12-5(9(18)19)2-6(11)15/h5H,2-4H2,1H3,(H2,11,15)(H,12,16)(H,18,19)/t5-/m1/s1. The first-order valence-electron chi connectivity index (χ1n) is 5.58. The third-order valence-corrected chi connectivity index (χ3v) is 2.57. The highest BCUT2D eigenvalue weighted by Crippen LogP contribution is 2.07. The predicted octanol–water partition coefficient (Wildman–Crippen LogP) is -2.67. The van der Waals surface area contributed by atoms with Gasteiger partial charge >= 0.3 is 12.0 Å². The minimum absolute atomic E-state index is 0.143. The number of nitrogens with one attached hydrogen (secondary N) is 1. The van der Waals surface area contributed by atoms with E-state index in [9.17, 15) is 24.0 Å². The summed E-state index contributed by atoms with van der Waals surface area (Å²) in [5.74, 6) is -3.76. The van der Waals surface area contributed by atoms with E-state index in [1.54, 1.807) is 0 Å². The molecule has 1 heterocycles. The number of nitrogens with zero attached hydrogens (tertiary/aromatic N) is 2. The molecule has 0 unspecified atom stereocenters. The number of carbonyl (C=O) groups excluding carboxylic acids is 4. The maximum absolute atomic E-state index is 11.6. The van der Waals surface area contributed by atoms with E-state index in [2.05, 4.69) is 0 Å². The van der Waals surface area contributed by atoms with Crippen LogP contribution in [-0.4, -0.2) is 70.8 Å². The average molecular weight is 286 g/mol. The summed E-state index contributed by atoms with van der Waals surface area (Å²) < 4.78 is 0. The summed E-state index contributed by atoms with van der Waals surface area (Å²) in [5.41, 5.74) is 4.85. The quantitative estimate of drug-likeness (QED) is 0.453. The molecule has 0 bridgehead atoms. The first-order valence-corrected chi connectivity index (χ1v) is 5.58. The molecule has 1 saturated heterocycles. The van der Waals surface area contributed by atoms with Crippen molar-refractivity contribution in [3.63, 3.8) is 0 Å². The Kier molecular flexibility index (Phi) is 4.62. The lowest BCUT2D eigenvalue weighted by atomic mass is 10.2. The molecule has 1 fully saturated rings. The van der Waals surface area contributed by atoms with Crippen LogP contribution < -0.4 is 11.1 Å². The number of carboxylic acid groups (broad SMARTS) is 1. The smallest absolute Gasteiger partial charge is 0.327 e. The maximum Gasteiger partial charge on any atom is 0.327 e. The fraction of sp³-hybridized carbons (Fsp3) is 0.500. The van der Waals surface area contributed by atoms with E-state index >= 15 is 0 Å². The number of likely N-dealkylation sites (N-methyl/N-ethyl adjacent to an activating group) is 1. The molecule has 0 aromatic carbocycles. The highest BCUT2D eigenvalue weighted by Gasteiger charge is 2.35. The summed E-state index contributed by atoms with van der Waals surface area (Å²) in [7, 11) is 1.39. The van der Waals surface area contributed by atoms with Gasteiger partial charge in [-0.05, 0) is 0 Å². The van der Waals surface area contributed by atoms with Crippen molar-refractivity contribution in [2.45, 2.75) is 12.5 Å². The predicted molar refractivity (Wildman–Crippen MR) is 63.1 cm³/mol. The van der Waals surface area contributed by atoms with Crippen LogP contribution in [0.3, 0.4) is 0 Å². The van der Waals surface area contributed by atoms with Crippen LogP contribution in [0.1, 0.15) is 6.42 Å². The molecule has 1 atom stereocenters. The average Bonchev–Trinajstić information content (AvgIpc) is 2.54. The molecule has 10 nitrogen and oxygen atoms in total. The summed E-state index contributed by atoms with van der Waals surface area (Å²) in [6.45, 7) is -0.750. The lowest BCUT2D eigenvalue weighted by Gasteiger charge is -2.16. The number of amides is 5. The highest BCUT2D eigenvalue weighted by atomic mass is 16.4. The van der Waals surface area contributed by atoms with Crippen LogP contribution in [0.25, 0.3) is 0 Å². The van der Waals surface area contributed by atoms with Crippen LogP contribution >= 0.6 is 0 Å². The molecule has 1 aliphatic heterocycles. The van der Waals surface area contributed by atoms with E-state index < -0.39 is 48.7 Å². The second-order valence-corrected chi connectivity index (χ2v) is 4.25. The van der Waals surface area contributed by atoms with Crippen molar-refractivity contribution >= 4 is 29.7 Å². The normalized spacial score (nSPS) is 16.2. The lowest BCUT2D eigenvalue weighted by Crippen LogP contribution is -2.48. The van der Waals surface area contributed by atoms with Crippen molar-refractivity contribution in [3.8, 4) is 0 Å². The zero-order chi connectivity index (χ0) is 15.4. The topological polar surface area (TPSA) is 150 Å². The van der Waals surface area contributed by atoms with Crippen LogP contribution in [0.15, 0.2) is 0 Å². The maximum atomic E-state index is 11.6. The second-order valence-electron chi connectivity index (χ2n) is 4.25. The molecule has 110 valence electrons. The number of hydrogen-bond acceptors (Lipinski definition) is 5. The van der Waals surface area contributed by atoms with Crippen LogP contribution in [0, 0.1) is 0 Å². The first kappa shape index (κ1) is 15.4. The van der Waals surface area contributed by atoms with Gasteiger partial charge in [-0.1, -0.05) is 0 Å². The Hall–Kier alpha value is -2.65. The van der Waals surface area contributed by atoms with Crippen molar-refractivity contribution in [2.24, 2.45) is 5.73 Å². The number of nitrogens with two attached hydrogens (primary N) is 1. The van der Waals surface area contributed by atoms with Crippen molar-refractivity contribution in [1.82, 2.24) is 15.1 Å². The van der Waals surface area contributed by atoms with Crippen molar-refractivity contribution in [3.05, 3.63) is 0 Å². The fourth-order valence-electron chi connectivity index (χ4n) is 1.61. The number of carboxylic acids is 1. The molecule has 0 saturated carbocycles. The molecule has 10 heteroatoms. The van der Waals surface area contributed by atoms with E-state index in [0.717, 1.165) is 4.90 Å². The van der Waals surface area contributed by atoms with E-state index in [0.29, 0.717) is 4.90 Å². The number of urea groups is 1. The van der Waals surface area contributed by atoms with Gasteiger partial charge < -0.3 is 21.1 Å². The molecule has 1 rings (SSSR count). The Morgan fingerprint density at radius 3 is 2.40 bits per heavy atom. The van der Waals surface area contributed by atoms with Crippen LogP contribution in [0.2, 0.25) is 0 Å². The zero-order valence-corrected chi connectivity index (χ0v) is 10.7. The minimum atomic E-state index is -1.49. The van der Waals surface area contributed by atoms with Gasteiger partial charge in [-0.25, -0.2) is 9.59 Å². The van der Waals surface area contributed by atoms with Gasteiger partial charge in [0.2, 0.25) is 11.8 Å². The largest absolute Gasteiger partial charge is 0.480 e. The molecule has 20 heavy (non-hydrogen) atoms. The Morgan fingerprint density at radius 2 is 2.00 bits per heavy atom. The first-order chi connectivity index (χ1) is 9.22. The number of imide groups is 1. The Labute approximate surface area is 113 Å². The van der Waals surface area contributed by atoms with Crippen molar-refractivity contribution in [1.29, 1.82) is 0 Å². The third kappa shape index (κ3) is 3.67. The van der Waals surface area contributed by atoms with Gasteiger partial charge in [0.1, 0.15) is 19.1 Å². The van der Waals surface area contributed by atoms with Crippen LogP contribution in [-0.2, 0) is 19.2 Å². The van der Waals surface area contributed by atoms with Crippen molar-refractivity contribution in [2.75, 3.05) is 20.1 Å². The number of primary amides is 1. The molecule has 4 N–H and O–H groups in total. The minimum Gasteiger partial charge on any atom is -0.480 e. The van der Waals surface area contributed by atoms with Gasteiger partial charge in [-0.2, -0.15) is 0 Å². The fourth-order valence-corrected chi connectivity index (χ4v) is 1.61. The highest BCUT2D eigenvalue weighted by molar-refractivity contribution is 6.04. The number of aliphatic carboxylic acids is 1. The van der Waals surface area contributed by atoms with E-state index in [-0.39, 0.29) is 6.54 Å². The summed E-state index contributed by atoms with van der Waals surface area (Å²) in [6, 6.07) is -2.14. The Morgan fingerprint density at radius 1 is 1.40 bits per heavy atom. The summed E-state index contributed by atoms with van der Waals surface area (Å²) in [5, 5.41) is 10.8. The molecule has 1 aliphatic rings. The summed E-state index contributed by atoms with van der Waals surface area (Å²) >= 11 is 0. The summed E-state index contributed by atoms with van der Waals surface area (Å²) in [4.78, 5) is 57.8. The van der Waals surface area contributed by atoms with Crippen molar-refractivity contribution < 1.29 is 29.1 Å². The van der Waals surface area contributed by atoms with E-state index in [1.165, 1.54) is 7.05 Å². The van der Waals surface area contributed by atoms with Gasteiger partial charge in [-0.15, -0.1) is 0 Å². The summed E-state index contributed by atoms with van der Waals surface area (Å²) in [6.07, 6.45) is -0.580. The van der Waals surface area contributed by atoms with Gasteiger partial charge in [0.05, 0.1) is 6.42 Å². The van der Waals surface area contributed by atoms with Gasteiger partial charge in [0.15, 0.2) is 0 Å². The lowest BCUT2D eigenvalue weighted by molar-refractivity contribution is -0.143. The molecule has 5 amide bonds. The molecule has 0 aromatic rings. The number of hydrogen-bond donors (Lipinski definition) is 3. The molecular weight excluding hydrogens is 272 g/mol. The van der Waals surface area contributed by atoms with E-state index in [1.807, 2.05) is 5.32 Å². The molecule has 0 aliphatic carbocycles. The number of carbonyl (C=O) groups is 5. The zero-order valence-electron chi connectivity index (χ0n) is 10.7. The van der Waals surface area contributed by atoms with Gasteiger partial charge in [0, 0.05) is 7.05 Å². The monoisotopic (exact) mass is 286 g/mol. The molecule has 0 spiro atoms. The van der Waals surface area contributed by atoms with Gasteiger partial charge in [-0.3, -0.25) is 19.3 Å². The molecular formula is C10H14N4O6. The SMILES string of the molecule is CN1CC(=O)N(CC(=O)N[C@H](CC(N)=O)C(=O)O)C1=O. The Bertz CT molecular complexity index is 476. The Balaban J connectivity index is 2.62. The van der Waals surface area contributed by atoms with Gasteiger partial charge in [0.25, 0.3) is 5.91 Å². The molecule has 0 radical (unpaired) electrons. The van der Waals surface area contributed by atoms with E-state index in [4.69, 9.17) is 10.8 Å². The third-order valence-electron chi connectivity index (χ3n) is 2.57. The molecule has 0 aromatic heterocycles. The van der Waals surface area contributed by atoms with Crippen LogP contribution in [0.5, 0.6) is 0 Å². The number of rotatable bonds is 6.